The number of hydrogen-bond acceptors (Lipinski definition) is 5. The fourth-order valence-electron chi connectivity index (χ4n) is 4.18. The number of carbonyl (C=O) groups is 1. The van der Waals surface area contributed by atoms with Crippen LogP contribution in [0.3, 0.4) is 0 Å². The number of carbonyl (C=O) groups excluding carboxylic acids is 1. The Morgan fingerprint density at radius 2 is 2.30 bits per heavy atom. The molecule has 4 heterocycles. The fourth-order valence-corrected chi connectivity index (χ4v) is 4.18. The molecule has 2 aliphatic heterocycles. The Morgan fingerprint density at radius 3 is 3.11 bits per heavy atom. The number of amides is 1. The lowest BCUT2D eigenvalue weighted by molar-refractivity contribution is -0.0102. The number of aromatic nitrogens is 4. The van der Waals surface area contributed by atoms with Gasteiger partial charge in [0.2, 0.25) is 0 Å². The van der Waals surface area contributed by atoms with Gasteiger partial charge in [0.15, 0.2) is 5.69 Å². The van der Waals surface area contributed by atoms with E-state index in [0.717, 1.165) is 41.9 Å². The molecular weight excluding hydrogens is 346 g/mol. The molecule has 0 saturated carbocycles. The largest absolute Gasteiger partial charge is 0.383 e. The number of aromatic amines is 1. The molecule has 4 rings (SSSR count). The Hall–Kier alpha value is -2.19. The average Bonchev–Trinajstić information content (AvgIpc) is 3.17. The van der Waals surface area contributed by atoms with Crippen LogP contribution in [0.25, 0.3) is 0 Å². The number of methoxy groups -OCH3 is 1. The Bertz CT molecular complexity index is 827. The van der Waals surface area contributed by atoms with Crippen LogP contribution in [0, 0.1) is 0 Å². The van der Waals surface area contributed by atoms with Crippen LogP contribution in [0.2, 0.25) is 0 Å². The van der Waals surface area contributed by atoms with Crippen molar-refractivity contribution in [1.29, 1.82) is 0 Å². The zero-order chi connectivity index (χ0) is 19.0. The molecule has 0 radical (unpaired) electrons. The number of nitrogens with zero attached hydrogens (tertiary/aromatic N) is 4. The van der Waals surface area contributed by atoms with Crippen LogP contribution in [-0.2, 0) is 35.4 Å². The molecule has 0 saturated heterocycles. The predicted octanol–water partition coefficient (Wildman–Crippen LogP) is 1.86. The third-order valence-corrected chi connectivity index (χ3v) is 5.43. The quantitative estimate of drug-likeness (QED) is 0.884. The van der Waals surface area contributed by atoms with Gasteiger partial charge in [0, 0.05) is 43.4 Å². The minimum atomic E-state index is -0.0840. The first-order chi connectivity index (χ1) is 13.1. The molecule has 27 heavy (non-hydrogen) atoms. The molecule has 2 atom stereocenters. The van der Waals surface area contributed by atoms with E-state index in [1.54, 1.807) is 7.11 Å². The van der Waals surface area contributed by atoms with Gasteiger partial charge in [-0.3, -0.25) is 14.6 Å². The molecule has 8 nitrogen and oxygen atoms in total. The molecule has 146 valence electrons. The van der Waals surface area contributed by atoms with Crippen LogP contribution < -0.4 is 0 Å². The summed E-state index contributed by atoms with van der Waals surface area (Å²) < 4.78 is 13.1. The highest BCUT2D eigenvalue weighted by atomic mass is 16.5. The van der Waals surface area contributed by atoms with Crippen LogP contribution in [0.5, 0.6) is 0 Å². The Kier molecular flexibility index (Phi) is 5.01. The minimum absolute atomic E-state index is 0.00207. The lowest BCUT2D eigenvalue weighted by Crippen LogP contribution is -2.32. The van der Waals surface area contributed by atoms with Crippen molar-refractivity contribution in [1.82, 2.24) is 24.9 Å². The smallest absolute Gasteiger partial charge is 0.274 e. The topological polar surface area (TPSA) is 85.3 Å². The summed E-state index contributed by atoms with van der Waals surface area (Å²) in [4.78, 5) is 15.3. The van der Waals surface area contributed by atoms with E-state index in [1.807, 2.05) is 29.6 Å². The molecule has 0 unspecified atom stereocenters. The van der Waals surface area contributed by atoms with E-state index < -0.39 is 0 Å². The van der Waals surface area contributed by atoms with Gasteiger partial charge in [0.1, 0.15) is 0 Å². The summed E-state index contributed by atoms with van der Waals surface area (Å²) in [5, 5.41) is 11.9. The van der Waals surface area contributed by atoms with Crippen LogP contribution in [0.1, 0.15) is 59.4 Å². The Labute approximate surface area is 158 Å². The summed E-state index contributed by atoms with van der Waals surface area (Å²) in [6, 6.07) is 0. The number of fused-ring (bicyclic) bond motifs is 2. The van der Waals surface area contributed by atoms with Crippen molar-refractivity contribution >= 4 is 5.91 Å². The maximum absolute atomic E-state index is 13.4. The third kappa shape index (κ3) is 3.39. The fraction of sp³-hybridized carbons (Fsp3) is 0.632. The highest BCUT2D eigenvalue weighted by Crippen LogP contribution is 2.33. The number of ether oxygens (including phenoxy) is 2. The Morgan fingerprint density at radius 1 is 1.44 bits per heavy atom. The SMILES string of the molecule is COCCn1nc(C(=O)N2CCCc3[nH]ncc3C2)c2c1[C@H](C)O[C@H](C)C2. The van der Waals surface area contributed by atoms with E-state index in [0.29, 0.717) is 31.8 Å². The molecule has 2 aromatic rings. The maximum Gasteiger partial charge on any atom is 0.274 e. The molecule has 2 aromatic heterocycles. The molecule has 1 N–H and O–H groups in total. The van der Waals surface area contributed by atoms with Gasteiger partial charge in [-0.2, -0.15) is 10.2 Å². The standard InChI is InChI=1S/C19H27N5O3/c1-12-9-15-17(22-24(7-8-26-3)18(15)13(2)27-12)19(25)23-6-4-5-16-14(11-23)10-20-21-16/h10,12-13H,4-9,11H2,1-3H3,(H,20,21)/t12-,13+/m1/s1. The van der Waals surface area contributed by atoms with Crippen molar-refractivity contribution in [3.8, 4) is 0 Å². The third-order valence-electron chi connectivity index (χ3n) is 5.43. The first-order valence-electron chi connectivity index (χ1n) is 9.62. The van der Waals surface area contributed by atoms with Crippen LogP contribution in [0.15, 0.2) is 6.20 Å². The monoisotopic (exact) mass is 373 g/mol. The summed E-state index contributed by atoms with van der Waals surface area (Å²) >= 11 is 0. The molecule has 0 aliphatic carbocycles. The van der Waals surface area contributed by atoms with Gasteiger partial charge in [-0.1, -0.05) is 0 Å². The van der Waals surface area contributed by atoms with Crippen molar-refractivity contribution in [3.05, 3.63) is 34.4 Å². The first-order valence-corrected chi connectivity index (χ1v) is 9.62. The molecule has 1 amide bonds. The second-order valence-electron chi connectivity index (χ2n) is 7.43. The maximum atomic E-state index is 13.4. The summed E-state index contributed by atoms with van der Waals surface area (Å²) in [5.41, 5.74) is 4.83. The lowest BCUT2D eigenvalue weighted by atomic mass is 9.99. The van der Waals surface area contributed by atoms with E-state index in [-0.39, 0.29) is 18.1 Å². The van der Waals surface area contributed by atoms with E-state index in [2.05, 4.69) is 10.2 Å². The van der Waals surface area contributed by atoms with Crippen molar-refractivity contribution in [2.24, 2.45) is 0 Å². The molecule has 0 spiro atoms. The summed E-state index contributed by atoms with van der Waals surface area (Å²) in [6.45, 7) is 6.53. The number of hydrogen-bond donors (Lipinski definition) is 1. The van der Waals surface area contributed by atoms with Crippen LogP contribution in [0.4, 0.5) is 0 Å². The van der Waals surface area contributed by atoms with Gasteiger partial charge in [0.25, 0.3) is 5.91 Å². The van der Waals surface area contributed by atoms with Crippen molar-refractivity contribution in [3.63, 3.8) is 0 Å². The number of rotatable bonds is 4. The van der Waals surface area contributed by atoms with E-state index in [9.17, 15) is 4.79 Å². The van der Waals surface area contributed by atoms with Crippen molar-refractivity contribution in [2.45, 2.75) is 58.4 Å². The van der Waals surface area contributed by atoms with Gasteiger partial charge in [-0.05, 0) is 26.7 Å². The zero-order valence-corrected chi connectivity index (χ0v) is 16.2. The second-order valence-corrected chi connectivity index (χ2v) is 7.43. The van der Waals surface area contributed by atoms with E-state index in [4.69, 9.17) is 14.6 Å². The van der Waals surface area contributed by atoms with Gasteiger partial charge in [-0.15, -0.1) is 0 Å². The highest BCUT2D eigenvalue weighted by Gasteiger charge is 2.34. The number of nitrogens with one attached hydrogen (secondary N) is 1. The van der Waals surface area contributed by atoms with Gasteiger partial charge >= 0.3 is 0 Å². The van der Waals surface area contributed by atoms with Crippen molar-refractivity contribution in [2.75, 3.05) is 20.3 Å². The van der Waals surface area contributed by atoms with Gasteiger partial charge in [0.05, 0.1) is 37.3 Å². The Balaban J connectivity index is 1.67. The lowest BCUT2D eigenvalue weighted by Gasteiger charge is -2.27. The average molecular weight is 373 g/mol. The summed E-state index contributed by atoms with van der Waals surface area (Å²) in [5.74, 6) is -0.00207. The minimum Gasteiger partial charge on any atom is -0.383 e. The molecule has 0 fully saturated rings. The van der Waals surface area contributed by atoms with E-state index >= 15 is 0 Å². The highest BCUT2D eigenvalue weighted by molar-refractivity contribution is 5.94. The molecule has 2 aliphatic rings. The normalized spacial score (nSPS) is 22.3. The molecule has 0 aromatic carbocycles. The van der Waals surface area contributed by atoms with Gasteiger partial charge in [-0.25, -0.2) is 0 Å². The van der Waals surface area contributed by atoms with Crippen LogP contribution in [-0.4, -0.2) is 57.2 Å². The van der Waals surface area contributed by atoms with Crippen molar-refractivity contribution < 1.29 is 14.3 Å². The van der Waals surface area contributed by atoms with E-state index in [1.165, 1.54) is 0 Å². The summed E-state index contributed by atoms with van der Waals surface area (Å²) in [7, 11) is 1.67. The number of aryl methyl sites for hydroxylation is 1. The predicted molar refractivity (Wildman–Crippen MR) is 98.4 cm³/mol. The number of H-pyrrole nitrogens is 1. The first kappa shape index (κ1) is 18.2. The molecule has 8 heteroatoms. The second kappa shape index (κ2) is 7.44. The van der Waals surface area contributed by atoms with Crippen LogP contribution >= 0.6 is 0 Å². The summed E-state index contributed by atoms with van der Waals surface area (Å²) in [6.07, 6.45) is 4.36. The molecule has 0 bridgehead atoms. The molecular formula is C19H27N5O3. The van der Waals surface area contributed by atoms with Gasteiger partial charge < -0.3 is 14.4 Å². The zero-order valence-electron chi connectivity index (χ0n) is 16.2.